The predicted octanol–water partition coefficient (Wildman–Crippen LogP) is -3.64. The lowest BCUT2D eigenvalue weighted by molar-refractivity contribution is -0.141. The minimum Gasteiger partial charge on any atom is -0.391 e. The Bertz CT molecular complexity index is 2680. The third kappa shape index (κ3) is 23.0. The van der Waals surface area contributed by atoms with Crippen LogP contribution in [0, 0.1) is 5.92 Å². The zero-order valence-corrected chi connectivity index (χ0v) is 49.2. The number of nitrogens with zero attached hydrogens (tertiary/aromatic N) is 4. The second kappa shape index (κ2) is 34.9. The molecule has 1 saturated heterocycles. The van der Waals surface area contributed by atoms with Crippen molar-refractivity contribution in [2.24, 2.45) is 56.0 Å². The van der Waals surface area contributed by atoms with Gasteiger partial charge in [0.15, 0.2) is 11.9 Å². The van der Waals surface area contributed by atoms with Gasteiger partial charge in [0.25, 0.3) is 0 Å². The van der Waals surface area contributed by atoms with E-state index in [2.05, 4.69) is 46.6 Å². The fourth-order valence-electron chi connectivity index (χ4n) is 9.39. The molecule has 1 heterocycles. The highest BCUT2D eigenvalue weighted by atomic mass is 32.2. The molecule has 0 bridgehead atoms. The number of unbranched alkanes of at least 4 members (excludes halogenated alkanes) is 2. The van der Waals surface area contributed by atoms with E-state index in [1.807, 2.05) is 45.0 Å². The van der Waals surface area contributed by atoms with E-state index in [-0.39, 0.29) is 107 Å². The number of benzene rings is 2. The molecule has 464 valence electrons. The fraction of sp³-hybridized carbons (Fsp3) is 0.623. The molecular formula is C53H90N18O11S. The van der Waals surface area contributed by atoms with Crippen molar-refractivity contribution in [1.29, 1.82) is 0 Å². The normalized spacial score (nSPS) is 15.8. The largest absolute Gasteiger partial charge is 0.391 e. The fourth-order valence-corrected chi connectivity index (χ4v) is 10.8. The number of likely N-dealkylation sites (tertiary alicyclic amines) is 1. The van der Waals surface area contributed by atoms with Crippen LogP contribution in [0.15, 0.2) is 51.3 Å². The minimum absolute atomic E-state index is 0.0197. The molecule has 0 spiro atoms. The summed E-state index contributed by atoms with van der Waals surface area (Å²) in [5.74, 6) is -7.04. The summed E-state index contributed by atoms with van der Waals surface area (Å²) >= 11 is 0. The molecule has 0 aliphatic carbocycles. The number of nitrogens with two attached hydrogens (primary N) is 7. The van der Waals surface area contributed by atoms with E-state index in [0.29, 0.717) is 42.9 Å². The van der Waals surface area contributed by atoms with Crippen molar-refractivity contribution in [3.63, 3.8) is 0 Å². The van der Waals surface area contributed by atoms with Gasteiger partial charge in [-0.3, -0.25) is 48.3 Å². The maximum Gasteiger partial charge on any atom is 0.245 e. The highest BCUT2D eigenvalue weighted by molar-refractivity contribution is 7.89. The van der Waals surface area contributed by atoms with Crippen LogP contribution in [0.1, 0.15) is 104 Å². The van der Waals surface area contributed by atoms with Gasteiger partial charge in [-0.05, 0) is 122 Å². The van der Waals surface area contributed by atoms with Crippen molar-refractivity contribution < 1.29 is 51.9 Å². The van der Waals surface area contributed by atoms with E-state index in [1.165, 1.54) is 17.9 Å². The van der Waals surface area contributed by atoms with E-state index in [0.717, 1.165) is 5.69 Å². The minimum atomic E-state index is -4.31. The summed E-state index contributed by atoms with van der Waals surface area (Å²) in [6.45, 7) is 5.00. The number of aliphatic imine (C=N–C) groups is 2. The second-order valence-corrected chi connectivity index (χ2v) is 22.8. The Labute approximate surface area is 485 Å². The molecule has 8 amide bonds. The Balaban J connectivity index is 1.77. The van der Waals surface area contributed by atoms with Gasteiger partial charge in [-0.1, -0.05) is 38.1 Å². The van der Waals surface area contributed by atoms with Gasteiger partial charge in [-0.15, -0.1) is 0 Å². The Morgan fingerprint density at radius 1 is 0.663 bits per heavy atom. The smallest absolute Gasteiger partial charge is 0.245 e. The van der Waals surface area contributed by atoms with Crippen molar-refractivity contribution in [3.8, 4) is 0 Å². The lowest BCUT2D eigenvalue weighted by Crippen LogP contribution is -2.60. The average molecular weight is 1190 g/mol. The molecule has 8 atom stereocenters. The number of hydrogen-bond donors (Lipinski definition) is 15. The summed E-state index contributed by atoms with van der Waals surface area (Å²) in [4.78, 5) is 121. The molecule has 2 aromatic rings. The monoisotopic (exact) mass is 1190 g/mol. The predicted molar refractivity (Wildman–Crippen MR) is 316 cm³/mol. The third-order valence-corrected chi connectivity index (χ3v) is 15.1. The highest BCUT2D eigenvalue weighted by Crippen LogP contribution is 2.31. The SMILES string of the molecule is CC(C)C[C@H](NS(=O)(=O)c1cccc2c(N(C)C)cccc12)C(=O)N1CCC[C@H]1C(=O)N[C@@H](CCCCN)C(=O)N[C@H](C(=O)NCC(=O)N[C@@H](CCCCN)C(=O)N[C@@H](CCCN=C(N)N)C(=O)N[C@@H](CCCN=C(N)N)C(N)=O)[C@@H](C)O. The number of anilines is 1. The number of rotatable bonds is 37. The summed E-state index contributed by atoms with van der Waals surface area (Å²) < 4.78 is 31.0. The molecule has 29 nitrogen and oxygen atoms in total. The van der Waals surface area contributed by atoms with Gasteiger partial charge >= 0.3 is 0 Å². The maximum atomic E-state index is 14.5. The van der Waals surface area contributed by atoms with Crippen LogP contribution < -0.4 is 81.7 Å². The molecule has 30 heteroatoms. The van der Waals surface area contributed by atoms with Crippen molar-refractivity contribution >= 4 is 85.7 Å². The first kappa shape index (κ1) is 69.9. The highest BCUT2D eigenvalue weighted by Gasteiger charge is 2.41. The molecular weight excluding hydrogens is 1100 g/mol. The number of fused-ring (bicyclic) bond motifs is 1. The molecule has 1 aliphatic heterocycles. The van der Waals surface area contributed by atoms with E-state index in [9.17, 15) is 51.9 Å². The number of carbonyl (C=O) groups is 8. The van der Waals surface area contributed by atoms with Crippen molar-refractivity contribution in [1.82, 2.24) is 41.5 Å². The number of nitrogens with one attached hydrogen (secondary N) is 7. The molecule has 1 fully saturated rings. The Morgan fingerprint density at radius 3 is 1.72 bits per heavy atom. The Kier molecular flexibility index (Phi) is 29.4. The Morgan fingerprint density at radius 2 is 1.18 bits per heavy atom. The topological polar surface area (TPSA) is 488 Å². The van der Waals surface area contributed by atoms with Crippen LogP contribution in [-0.2, 0) is 48.4 Å². The van der Waals surface area contributed by atoms with E-state index in [1.54, 1.807) is 18.2 Å². The summed E-state index contributed by atoms with van der Waals surface area (Å²) in [5.41, 5.74) is 39.5. The summed E-state index contributed by atoms with van der Waals surface area (Å²) in [6.07, 6.45) is 1.31. The summed E-state index contributed by atoms with van der Waals surface area (Å²) in [6, 6.07) is 1.15. The van der Waals surface area contributed by atoms with Crippen LogP contribution in [0.4, 0.5) is 5.69 Å². The van der Waals surface area contributed by atoms with Gasteiger partial charge in [0.2, 0.25) is 57.3 Å². The van der Waals surface area contributed by atoms with Crippen molar-refractivity contribution in [2.75, 3.05) is 58.3 Å². The molecule has 0 aromatic heterocycles. The van der Waals surface area contributed by atoms with E-state index < -0.39 is 112 Å². The Hall–Kier alpha value is -7.41. The number of sulfonamides is 1. The van der Waals surface area contributed by atoms with Gasteiger partial charge in [-0.25, -0.2) is 8.42 Å². The van der Waals surface area contributed by atoms with E-state index >= 15 is 0 Å². The van der Waals surface area contributed by atoms with Crippen LogP contribution in [0.5, 0.6) is 0 Å². The quantitative estimate of drug-likeness (QED) is 0.0176. The van der Waals surface area contributed by atoms with Gasteiger partial charge in [0, 0.05) is 50.2 Å². The standard InChI is InChI=1S/C53H90N18O11S/c1-31(2)29-39(69-83(81,82)42-23-11-15-33-34(42)16-10-21-40(33)70(4)5)51(80)71-28-14-22-41(71)49(78)67-37(18-7-9-25-55)48(77)68-44(32(3)72)50(79)63-30-43(73)64-36(17-6-8-24-54)46(75)66-38(20-13-27-62-53(59)60)47(76)65-35(45(56)74)19-12-26-61-52(57)58/h10-11,15-16,21,23,31-32,35-39,41,44,69,72H,6-9,12-14,17-20,22,24-30,54-55H2,1-5H3,(H2,56,74)(H,63,79)(H,64,73)(H,65,76)(H,66,75)(H,67,78)(H,68,77)(H4,57,58,61)(H4,59,60,62)/t32-,35+,36+,37+,38+,39+,41+,44+/m1/s1. The lowest BCUT2D eigenvalue weighted by Gasteiger charge is -2.31. The molecule has 22 N–H and O–H groups in total. The molecule has 0 saturated carbocycles. The average Bonchev–Trinajstić information content (AvgIpc) is 4.07. The van der Waals surface area contributed by atoms with Crippen LogP contribution in [0.25, 0.3) is 10.8 Å². The first-order valence-electron chi connectivity index (χ1n) is 28.0. The van der Waals surface area contributed by atoms with Crippen LogP contribution in [-0.4, -0.2) is 179 Å². The number of aliphatic hydroxyl groups excluding tert-OH is 1. The number of amides is 8. The van der Waals surface area contributed by atoms with Crippen molar-refractivity contribution in [3.05, 3.63) is 36.4 Å². The second-order valence-electron chi connectivity index (χ2n) is 21.1. The first-order valence-corrected chi connectivity index (χ1v) is 29.5. The molecule has 1 aliphatic rings. The zero-order chi connectivity index (χ0) is 62.0. The first-order chi connectivity index (χ1) is 39.2. The van der Waals surface area contributed by atoms with E-state index in [4.69, 9.17) is 40.1 Å². The van der Waals surface area contributed by atoms with Gasteiger partial charge in [0.1, 0.15) is 42.3 Å². The molecule has 0 unspecified atom stereocenters. The van der Waals surface area contributed by atoms with Gasteiger partial charge in [-0.2, -0.15) is 4.72 Å². The van der Waals surface area contributed by atoms with Gasteiger partial charge in [0.05, 0.1) is 17.5 Å². The molecule has 3 rings (SSSR count). The van der Waals surface area contributed by atoms with Crippen LogP contribution >= 0.6 is 0 Å². The number of carbonyl (C=O) groups excluding carboxylic acids is 8. The molecule has 2 aromatic carbocycles. The maximum absolute atomic E-state index is 14.5. The third-order valence-electron chi connectivity index (χ3n) is 13.6. The molecule has 0 radical (unpaired) electrons. The number of primary amides is 1. The lowest BCUT2D eigenvalue weighted by atomic mass is 10.0. The summed E-state index contributed by atoms with van der Waals surface area (Å²) in [7, 11) is -0.624. The van der Waals surface area contributed by atoms with Gasteiger partial charge < -0.3 is 86.9 Å². The number of hydrogen-bond acceptors (Lipinski definition) is 16. The molecule has 83 heavy (non-hydrogen) atoms. The van der Waals surface area contributed by atoms with Crippen LogP contribution in [0.3, 0.4) is 0 Å². The number of guanidine groups is 2. The van der Waals surface area contributed by atoms with Crippen LogP contribution in [0.2, 0.25) is 0 Å². The zero-order valence-electron chi connectivity index (χ0n) is 48.4. The van der Waals surface area contributed by atoms with Crippen molar-refractivity contribution in [2.45, 2.75) is 158 Å². The summed E-state index contributed by atoms with van der Waals surface area (Å²) in [5, 5.41) is 27.2. The number of aliphatic hydroxyl groups is 1.